The van der Waals surface area contributed by atoms with Crippen LogP contribution in [0.2, 0.25) is 0 Å². The second kappa shape index (κ2) is 13.8. The van der Waals surface area contributed by atoms with E-state index in [-0.39, 0.29) is 24.4 Å². The number of nitrogens with one attached hydrogen (secondary N) is 3. The minimum atomic E-state index is -4.78. The molecule has 0 saturated carbocycles. The number of ether oxygens (including phenoxy) is 2. The molecule has 0 spiro atoms. The lowest BCUT2D eigenvalue weighted by atomic mass is 10.1. The van der Waals surface area contributed by atoms with Crippen LogP contribution in [-0.4, -0.2) is 49.6 Å². The molecule has 0 radical (unpaired) electrons. The molecule has 48 heavy (non-hydrogen) atoms. The largest absolute Gasteiger partial charge is 0.459 e. The van der Waals surface area contributed by atoms with Crippen LogP contribution in [0.5, 0.6) is 0 Å². The van der Waals surface area contributed by atoms with Crippen molar-refractivity contribution in [2.24, 2.45) is 0 Å². The number of fused-ring (bicyclic) bond motifs is 1. The van der Waals surface area contributed by atoms with Gasteiger partial charge in [0, 0.05) is 17.1 Å². The van der Waals surface area contributed by atoms with Gasteiger partial charge in [0.05, 0.1) is 11.1 Å². The van der Waals surface area contributed by atoms with Crippen molar-refractivity contribution in [3.8, 4) is 5.69 Å². The maximum Gasteiger partial charge on any atom is 0.416 e. The molecule has 0 aliphatic carbocycles. The predicted molar refractivity (Wildman–Crippen MR) is 171 cm³/mol. The van der Waals surface area contributed by atoms with E-state index >= 15 is 0 Å². The van der Waals surface area contributed by atoms with Crippen molar-refractivity contribution in [1.29, 1.82) is 0 Å². The number of hydrogen-bond donors (Lipinski definition) is 3. The van der Waals surface area contributed by atoms with Gasteiger partial charge in [-0.1, -0.05) is 30.3 Å². The number of alkyl halides is 3. The van der Waals surface area contributed by atoms with Crippen LogP contribution < -0.4 is 16.0 Å². The van der Waals surface area contributed by atoms with Crippen LogP contribution in [0.25, 0.3) is 16.9 Å². The van der Waals surface area contributed by atoms with Gasteiger partial charge in [0.25, 0.3) is 0 Å². The Morgan fingerprint density at radius 2 is 1.56 bits per heavy atom. The number of nitrogens with zero attached hydrogens (tertiary/aromatic N) is 4. The lowest BCUT2D eigenvalue weighted by molar-refractivity contribution is -0.152. The van der Waals surface area contributed by atoms with E-state index < -0.39 is 35.3 Å². The molecule has 0 aliphatic heterocycles. The van der Waals surface area contributed by atoms with Gasteiger partial charge in [-0.25, -0.2) is 24.5 Å². The van der Waals surface area contributed by atoms with E-state index in [1.807, 2.05) is 0 Å². The van der Waals surface area contributed by atoms with Gasteiger partial charge in [0.15, 0.2) is 17.0 Å². The van der Waals surface area contributed by atoms with Gasteiger partial charge in [0.1, 0.15) is 31.4 Å². The van der Waals surface area contributed by atoms with Crippen LogP contribution in [0, 0.1) is 0 Å². The molecule has 5 rings (SSSR count). The lowest BCUT2D eigenvalue weighted by Gasteiger charge is -2.19. The molecule has 0 fully saturated rings. The number of esters is 2. The number of aromatic nitrogens is 4. The normalized spacial score (nSPS) is 11.5. The zero-order chi connectivity index (χ0) is 34.5. The third kappa shape index (κ3) is 8.63. The Balaban J connectivity index is 1.25. The summed E-state index contributed by atoms with van der Waals surface area (Å²) in [7, 11) is 0. The summed E-state index contributed by atoms with van der Waals surface area (Å²) >= 11 is 0. The average molecular weight is 662 g/mol. The highest BCUT2D eigenvalue weighted by Gasteiger charge is 2.32. The number of anilines is 3. The first kappa shape index (κ1) is 33.4. The Labute approximate surface area is 272 Å². The number of rotatable bonds is 9. The molecule has 15 heteroatoms. The Morgan fingerprint density at radius 1 is 0.854 bits per heavy atom. The maximum absolute atomic E-state index is 13.6. The van der Waals surface area contributed by atoms with Crippen molar-refractivity contribution >= 4 is 46.3 Å². The lowest BCUT2D eigenvalue weighted by Crippen LogP contribution is -2.28. The molecular weight excluding hydrogens is 631 g/mol. The van der Waals surface area contributed by atoms with Crippen molar-refractivity contribution in [2.75, 3.05) is 22.5 Å². The number of carbonyl (C=O) groups excluding carboxylic acids is 3. The number of imidazole rings is 1. The monoisotopic (exact) mass is 661 g/mol. The van der Waals surface area contributed by atoms with Crippen LogP contribution in [0.15, 0.2) is 85.5 Å². The molecule has 2 aromatic heterocycles. The van der Waals surface area contributed by atoms with Crippen LogP contribution in [0.4, 0.5) is 35.2 Å². The van der Waals surface area contributed by atoms with E-state index in [4.69, 9.17) is 9.47 Å². The van der Waals surface area contributed by atoms with Gasteiger partial charge in [-0.2, -0.15) is 13.2 Å². The van der Waals surface area contributed by atoms with Gasteiger partial charge in [-0.15, -0.1) is 0 Å². The Morgan fingerprint density at radius 3 is 2.25 bits per heavy atom. The van der Waals surface area contributed by atoms with Crippen molar-refractivity contribution < 1.29 is 37.0 Å². The van der Waals surface area contributed by atoms with Gasteiger partial charge >= 0.3 is 24.1 Å². The van der Waals surface area contributed by atoms with Gasteiger partial charge in [-0.3, -0.25) is 9.36 Å². The molecule has 0 atom stereocenters. The molecule has 248 valence electrons. The molecule has 3 N–H and O–H groups in total. The smallest absolute Gasteiger partial charge is 0.416 e. The van der Waals surface area contributed by atoms with Crippen LogP contribution in [-0.2, 0) is 27.1 Å². The summed E-state index contributed by atoms with van der Waals surface area (Å²) in [4.78, 5) is 50.3. The molecule has 0 aliphatic rings. The zero-order valence-electron chi connectivity index (χ0n) is 26.0. The highest BCUT2D eigenvalue weighted by Crippen LogP contribution is 2.32. The number of amides is 2. The summed E-state index contributed by atoms with van der Waals surface area (Å²) in [6, 6.07) is 16.8. The number of carbonyl (C=O) groups is 3. The predicted octanol–water partition coefficient (Wildman–Crippen LogP) is 6.59. The first-order valence-corrected chi connectivity index (χ1v) is 14.5. The third-order valence-electron chi connectivity index (χ3n) is 6.52. The Bertz CT molecular complexity index is 1940. The van der Waals surface area contributed by atoms with Crippen molar-refractivity contribution in [2.45, 2.75) is 39.2 Å². The number of halogens is 3. The van der Waals surface area contributed by atoms with Crippen molar-refractivity contribution in [3.05, 3.63) is 102 Å². The number of benzene rings is 3. The fraction of sp³-hybridized carbons (Fsp3) is 0.212. The molecule has 0 saturated heterocycles. The van der Waals surface area contributed by atoms with E-state index in [2.05, 4.69) is 30.9 Å². The second-order valence-electron chi connectivity index (χ2n) is 11.4. The maximum atomic E-state index is 13.6. The number of urea groups is 1. The molecule has 2 amide bonds. The highest BCUT2D eigenvalue weighted by molar-refractivity contribution is 6.01. The molecule has 12 nitrogen and oxygen atoms in total. The molecule has 3 aromatic carbocycles. The van der Waals surface area contributed by atoms with Gasteiger partial charge < -0.3 is 25.4 Å². The SMILES string of the molecule is CC(C)(C)OC(=O)CNc1ncnc2c1ncn2-c1ccc(NC(=O)Nc2cc(C(=O)OCc3ccccc3)cc(C(F)(F)F)c2)cc1. The van der Waals surface area contributed by atoms with Gasteiger partial charge in [0.2, 0.25) is 0 Å². The van der Waals surface area contributed by atoms with E-state index in [0.29, 0.717) is 40.0 Å². The first-order chi connectivity index (χ1) is 22.7. The Kier molecular flexibility index (Phi) is 9.58. The summed E-state index contributed by atoms with van der Waals surface area (Å²) in [5.74, 6) is -1.11. The summed E-state index contributed by atoms with van der Waals surface area (Å²) < 4.78 is 53.0. The molecule has 2 heterocycles. The average Bonchev–Trinajstić information content (AvgIpc) is 3.47. The quantitative estimate of drug-likeness (QED) is 0.149. The highest BCUT2D eigenvalue weighted by atomic mass is 19.4. The minimum absolute atomic E-state index is 0.126. The van der Waals surface area contributed by atoms with Gasteiger partial charge in [-0.05, 0) is 68.8 Å². The topological polar surface area (TPSA) is 149 Å². The van der Waals surface area contributed by atoms with E-state index in [1.165, 1.54) is 12.7 Å². The van der Waals surface area contributed by atoms with Crippen LogP contribution >= 0.6 is 0 Å². The molecule has 0 unspecified atom stereocenters. The summed E-state index contributed by atoms with van der Waals surface area (Å²) in [6.07, 6.45) is -1.95. The zero-order valence-corrected chi connectivity index (χ0v) is 26.0. The van der Waals surface area contributed by atoms with Crippen molar-refractivity contribution in [1.82, 2.24) is 19.5 Å². The Hall–Kier alpha value is -5.99. The van der Waals surface area contributed by atoms with E-state index in [1.54, 1.807) is 79.9 Å². The van der Waals surface area contributed by atoms with E-state index in [0.717, 1.165) is 12.1 Å². The third-order valence-corrected chi connectivity index (χ3v) is 6.52. The standard InChI is InChI=1S/C33H30F3N7O5/c1-32(2,3)48-26(44)16-37-28-27-29(39-18-38-28)43(19-40-27)25-11-9-23(10-12-25)41-31(46)42-24-14-21(13-22(15-24)33(34,35)36)30(45)47-17-20-7-5-4-6-8-20/h4-15,18-19H,16-17H2,1-3H3,(H,37,38,39)(H2,41,42,46). The number of hydrogen-bond acceptors (Lipinski definition) is 9. The first-order valence-electron chi connectivity index (χ1n) is 14.5. The van der Waals surface area contributed by atoms with Crippen LogP contribution in [0.3, 0.4) is 0 Å². The fourth-order valence-corrected chi connectivity index (χ4v) is 4.47. The minimum Gasteiger partial charge on any atom is -0.459 e. The summed E-state index contributed by atoms with van der Waals surface area (Å²) in [5, 5.41) is 7.82. The summed E-state index contributed by atoms with van der Waals surface area (Å²) in [5.41, 5.74) is 0.0601. The van der Waals surface area contributed by atoms with Crippen LogP contribution in [0.1, 0.15) is 42.3 Å². The fourth-order valence-electron chi connectivity index (χ4n) is 4.47. The molecular formula is C33H30F3N7O5. The van der Waals surface area contributed by atoms with Crippen molar-refractivity contribution in [3.63, 3.8) is 0 Å². The second-order valence-corrected chi connectivity index (χ2v) is 11.4. The summed E-state index contributed by atoms with van der Waals surface area (Å²) in [6.45, 7) is 5.04. The molecule has 0 bridgehead atoms. The van der Waals surface area contributed by atoms with E-state index in [9.17, 15) is 27.6 Å². The molecule has 5 aromatic rings.